The molecule has 0 radical (unpaired) electrons. The Balaban J connectivity index is 1.96. The van der Waals surface area contributed by atoms with Gasteiger partial charge in [-0.1, -0.05) is 43.7 Å². The Hall–Kier alpha value is -4.58. The molecule has 2 aromatic heterocycles. The number of anilines is 1. The van der Waals surface area contributed by atoms with Crippen LogP contribution in [0.5, 0.6) is 17.2 Å². The molecule has 0 aliphatic rings. The maximum Gasteiger partial charge on any atom is 0.293 e. The Labute approximate surface area is 245 Å². The van der Waals surface area contributed by atoms with Crippen LogP contribution in [-0.4, -0.2) is 48.5 Å². The van der Waals surface area contributed by atoms with Crippen LogP contribution in [0.3, 0.4) is 0 Å². The van der Waals surface area contributed by atoms with E-state index in [0.717, 1.165) is 5.56 Å². The zero-order valence-electron chi connectivity index (χ0n) is 24.3. The number of aromatic nitrogens is 4. The number of carbonyl (C=O) groups excluding carboxylic acids is 1. The number of para-hydroxylation sites is 2. The van der Waals surface area contributed by atoms with Crippen LogP contribution in [0.4, 0.5) is 5.82 Å². The van der Waals surface area contributed by atoms with Crippen molar-refractivity contribution >= 4 is 22.3 Å². The summed E-state index contributed by atoms with van der Waals surface area (Å²) in [6.07, 6.45) is 0.213. The molecule has 2 heterocycles. The molecular weight excluding hydrogens is 558 g/mol. The number of methoxy groups -OCH3 is 1. The van der Waals surface area contributed by atoms with E-state index in [1.54, 1.807) is 36.4 Å². The molecule has 4 aromatic rings. The van der Waals surface area contributed by atoms with Crippen LogP contribution in [-0.2, 0) is 26.0 Å². The molecule has 4 rings (SSSR count). The Morgan fingerprint density at radius 3 is 2.12 bits per heavy atom. The average molecular weight is 592 g/mol. The zero-order chi connectivity index (χ0) is 30.5. The Morgan fingerprint density at radius 2 is 1.50 bits per heavy atom. The first-order valence-corrected chi connectivity index (χ1v) is 14.6. The predicted molar refractivity (Wildman–Crippen MR) is 157 cm³/mol. The third kappa shape index (κ3) is 7.38. The van der Waals surface area contributed by atoms with Gasteiger partial charge in [-0.15, -0.1) is 0 Å². The molecule has 0 aliphatic heterocycles. The predicted octanol–water partition coefficient (Wildman–Crippen LogP) is 5.20. The van der Waals surface area contributed by atoms with E-state index in [1.165, 1.54) is 19.2 Å². The molecule has 0 aliphatic carbocycles. The number of nitrogens with zero attached hydrogens (tertiary/aromatic N) is 4. The molecule has 0 fully saturated rings. The monoisotopic (exact) mass is 591 g/mol. The minimum Gasteiger partial charge on any atom is -0.493 e. The summed E-state index contributed by atoms with van der Waals surface area (Å²) in [5.41, 5.74) is 2.02. The summed E-state index contributed by atoms with van der Waals surface area (Å²) in [7, 11) is -2.61. The number of ether oxygens (including phenoxy) is 3. The van der Waals surface area contributed by atoms with Gasteiger partial charge in [0.05, 0.1) is 24.3 Å². The largest absolute Gasteiger partial charge is 0.493 e. The van der Waals surface area contributed by atoms with E-state index in [-0.39, 0.29) is 41.1 Å². The zero-order valence-corrected chi connectivity index (χ0v) is 25.2. The first-order chi connectivity index (χ1) is 19.9. The fraction of sp³-hybridized carbons (Fsp3) is 0.300. The maximum absolute atomic E-state index is 13.6. The number of sulfonamides is 1. The fourth-order valence-corrected chi connectivity index (χ4v) is 5.20. The number of nitrogens with one attached hydrogen (secondary N) is 1. The molecule has 0 saturated carbocycles. The van der Waals surface area contributed by atoms with Crippen LogP contribution < -0.4 is 14.2 Å². The summed E-state index contributed by atoms with van der Waals surface area (Å²) in [5.74, 6) is 0.992. The molecule has 220 valence electrons. The van der Waals surface area contributed by atoms with Crippen molar-refractivity contribution in [3.63, 3.8) is 0 Å². The van der Waals surface area contributed by atoms with Gasteiger partial charge in [0, 0.05) is 23.2 Å². The molecule has 0 amide bonds. The van der Waals surface area contributed by atoms with Crippen molar-refractivity contribution < 1.29 is 27.4 Å². The molecule has 2 aromatic carbocycles. The van der Waals surface area contributed by atoms with E-state index in [0.29, 0.717) is 35.1 Å². The van der Waals surface area contributed by atoms with Crippen LogP contribution in [0, 0.1) is 26.2 Å². The van der Waals surface area contributed by atoms with Crippen LogP contribution in [0.2, 0.25) is 0 Å². The summed E-state index contributed by atoms with van der Waals surface area (Å²) in [6.45, 7) is 9.73. The second kappa shape index (κ2) is 12.5. The summed E-state index contributed by atoms with van der Waals surface area (Å²) < 4.78 is 46.6. The quantitative estimate of drug-likeness (QED) is 0.218. The Kier molecular flexibility index (Phi) is 9.05. The van der Waals surface area contributed by atoms with E-state index in [2.05, 4.69) is 19.7 Å². The molecule has 0 unspecified atom stereocenters. The van der Waals surface area contributed by atoms with E-state index < -0.39 is 15.4 Å². The van der Waals surface area contributed by atoms with Gasteiger partial charge in [-0.2, -0.15) is 0 Å². The summed E-state index contributed by atoms with van der Waals surface area (Å²) in [5, 5.41) is 0. The van der Waals surface area contributed by atoms with Gasteiger partial charge in [0.15, 0.2) is 34.7 Å². The fourth-order valence-electron chi connectivity index (χ4n) is 4.20. The van der Waals surface area contributed by atoms with Crippen LogP contribution in [0.1, 0.15) is 36.5 Å². The van der Waals surface area contributed by atoms with Crippen molar-refractivity contribution in [3.8, 4) is 28.9 Å². The topological polar surface area (TPSA) is 142 Å². The minimum absolute atomic E-state index is 0.0421. The Morgan fingerprint density at radius 1 is 0.881 bits per heavy atom. The number of aryl methyl sites for hydroxylation is 3. The van der Waals surface area contributed by atoms with E-state index in [1.807, 2.05) is 40.7 Å². The van der Waals surface area contributed by atoms with E-state index in [9.17, 15) is 13.2 Å². The molecule has 12 heteroatoms. The van der Waals surface area contributed by atoms with Gasteiger partial charge < -0.3 is 14.2 Å². The van der Waals surface area contributed by atoms with Crippen molar-refractivity contribution in [2.45, 2.75) is 45.9 Å². The van der Waals surface area contributed by atoms with Gasteiger partial charge in [0.25, 0.3) is 16.5 Å². The highest BCUT2D eigenvalue weighted by Crippen LogP contribution is 2.40. The summed E-state index contributed by atoms with van der Waals surface area (Å²) in [4.78, 5) is 29.3. The van der Waals surface area contributed by atoms with Gasteiger partial charge >= 0.3 is 0 Å². The standard InChI is InChI=1S/C30H33N5O6S/c1-19-11-13-22(14-12-19)42(37,38)35-27-26(41-25-10-8-7-9-24(25)39-6)23(16-30(4,5)17-40-18-36)33-29(34-27)28-31-20(2)15-21(3)32-28/h7-15,18H,16-17H2,1-6H3,(H,33,34,35). The van der Waals surface area contributed by atoms with Crippen molar-refractivity contribution in [2.75, 3.05) is 18.4 Å². The first kappa shape index (κ1) is 30.4. The second-order valence-corrected chi connectivity index (χ2v) is 12.2. The number of hydrogen-bond donors (Lipinski definition) is 1. The molecule has 0 spiro atoms. The second-order valence-electron chi connectivity index (χ2n) is 10.6. The normalized spacial score (nSPS) is 11.6. The van der Waals surface area contributed by atoms with Gasteiger partial charge in [0.2, 0.25) is 0 Å². The van der Waals surface area contributed by atoms with Gasteiger partial charge in [0.1, 0.15) is 0 Å². The number of hydrogen-bond acceptors (Lipinski definition) is 10. The van der Waals surface area contributed by atoms with E-state index >= 15 is 0 Å². The average Bonchev–Trinajstić information content (AvgIpc) is 2.93. The number of rotatable bonds is 12. The smallest absolute Gasteiger partial charge is 0.293 e. The van der Waals surface area contributed by atoms with Crippen LogP contribution in [0.15, 0.2) is 59.5 Å². The molecule has 11 nitrogen and oxygen atoms in total. The van der Waals surface area contributed by atoms with Crippen LogP contribution >= 0.6 is 0 Å². The summed E-state index contributed by atoms with van der Waals surface area (Å²) >= 11 is 0. The lowest BCUT2D eigenvalue weighted by atomic mass is 9.88. The first-order valence-electron chi connectivity index (χ1n) is 13.1. The molecule has 0 saturated heterocycles. The maximum atomic E-state index is 13.6. The van der Waals surface area contributed by atoms with Gasteiger partial charge in [-0.25, -0.2) is 28.4 Å². The van der Waals surface area contributed by atoms with Gasteiger partial charge in [-0.05, 0) is 51.1 Å². The Bertz CT molecular complexity index is 1670. The highest BCUT2D eigenvalue weighted by Gasteiger charge is 2.29. The van der Waals surface area contributed by atoms with Gasteiger partial charge in [-0.3, -0.25) is 9.52 Å². The lowest BCUT2D eigenvalue weighted by Crippen LogP contribution is -2.24. The highest BCUT2D eigenvalue weighted by molar-refractivity contribution is 7.92. The summed E-state index contributed by atoms with van der Waals surface area (Å²) in [6, 6.07) is 15.2. The molecule has 42 heavy (non-hydrogen) atoms. The molecular formula is C30H33N5O6S. The third-order valence-electron chi connectivity index (χ3n) is 6.15. The molecule has 0 atom stereocenters. The van der Waals surface area contributed by atoms with Crippen molar-refractivity contribution in [1.29, 1.82) is 0 Å². The lowest BCUT2D eigenvalue weighted by molar-refractivity contribution is -0.131. The van der Waals surface area contributed by atoms with Crippen molar-refractivity contribution in [1.82, 2.24) is 19.9 Å². The SMILES string of the molecule is COc1ccccc1Oc1c(CC(C)(C)COC=O)nc(-c2nc(C)cc(C)n2)nc1NS(=O)(=O)c1ccc(C)cc1. The van der Waals surface area contributed by atoms with E-state index in [4.69, 9.17) is 19.2 Å². The van der Waals surface area contributed by atoms with Crippen LogP contribution in [0.25, 0.3) is 11.6 Å². The minimum atomic E-state index is -4.11. The molecule has 0 bridgehead atoms. The van der Waals surface area contributed by atoms with Crippen molar-refractivity contribution in [3.05, 3.63) is 77.2 Å². The number of benzene rings is 2. The highest BCUT2D eigenvalue weighted by atomic mass is 32.2. The third-order valence-corrected chi connectivity index (χ3v) is 7.50. The molecule has 1 N–H and O–H groups in total. The van der Waals surface area contributed by atoms with Crippen molar-refractivity contribution in [2.24, 2.45) is 5.41 Å². The lowest BCUT2D eigenvalue weighted by Gasteiger charge is -2.25. The number of carbonyl (C=O) groups is 1.